The van der Waals surface area contributed by atoms with E-state index < -0.39 is 6.09 Å². The maximum Gasteiger partial charge on any atom is 0.414 e. The minimum absolute atomic E-state index is 0.00717. The number of carbonyl (C=O) groups excluding carboxylic acids is 2. The van der Waals surface area contributed by atoms with Crippen molar-refractivity contribution in [3.05, 3.63) is 60.2 Å². The van der Waals surface area contributed by atoms with Crippen molar-refractivity contribution >= 4 is 17.7 Å². The topological polar surface area (TPSA) is 85.7 Å². The van der Waals surface area contributed by atoms with Crippen LogP contribution in [-0.2, 0) is 16.0 Å². The highest BCUT2D eigenvalue weighted by molar-refractivity contribution is 5.92. The third-order valence-electron chi connectivity index (χ3n) is 6.66. The van der Waals surface area contributed by atoms with Crippen LogP contribution in [0.3, 0.4) is 0 Å². The Kier molecular flexibility index (Phi) is 6.15. The van der Waals surface area contributed by atoms with Crippen molar-refractivity contribution in [2.45, 2.75) is 44.7 Å². The Balaban J connectivity index is 1.59. The van der Waals surface area contributed by atoms with Gasteiger partial charge in [0.25, 0.3) is 0 Å². The van der Waals surface area contributed by atoms with Crippen LogP contribution in [-0.4, -0.2) is 41.5 Å². The standard InChI is InChI=1S/C26H27FN4O4/c1-16-3-8-22-23(31(16)26(33)34-2)10-9-21(25(22)35-20-6-4-18(27)5-7-20)17-14-29-30(15-17)19-11-12-28-24(32)13-19/h4-7,9-10,14-16,19H,3,8,11-13H2,1-2H3,(H,28,32)/t16-,19?/m0/s1. The Morgan fingerprint density at radius 3 is 2.71 bits per heavy atom. The number of rotatable bonds is 4. The SMILES string of the molecule is COC(=O)N1c2ccc(-c3cnn(C4CCNC(=O)C4)c3)c(Oc3ccc(F)cc3)c2CC[C@@H]1C. The van der Waals surface area contributed by atoms with Gasteiger partial charge in [-0.1, -0.05) is 0 Å². The Morgan fingerprint density at radius 1 is 1.17 bits per heavy atom. The van der Waals surface area contributed by atoms with Crippen molar-refractivity contribution in [2.24, 2.45) is 0 Å². The summed E-state index contributed by atoms with van der Waals surface area (Å²) in [6.07, 6.45) is 5.88. The summed E-state index contributed by atoms with van der Waals surface area (Å²) in [6, 6.07) is 9.62. The van der Waals surface area contributed by atoms with Gasteiger partial charge < -0.3 is 14.8 Å². The number of carbonyl (C=O) groups is 2. The van der Waals surface area contributed by atoms with E-state index in [1.807, 2.05) is 29.9 Å². The molecule has 2 aliphatic heterocycles. The number of fused-ring (bicyclic) bond motifs is 1. The van der Waals surface area contributed by atoms with Gasteiger partial charge >= 0.3 is 6.09 Å². The summed E-state index contributed by atoms with van der Waals surface area (Å²) in [7, 11) is 1.37. The molecule has 2 amide bonds. The number of piperidine rings is 1. The van der Waals surface area contributed by atoms with Crippen molar-refractivity contribution in [3.8, 4) is 22.6 Å². The quantitative estimate of drug-likeness (QED) is 0.580. The molecule has 2 aromatic carbocycles. The minimum Gasteiger partial charge on any atom is -0.456 e. The number of anilines is 1. The second kappa shape index (κ2) is 9.40. The van der Waals surface area contributed by atoms with Crippen LogP contribution in [0.25, 0.3) is 11.1 Å². The van der Waals surface area contributed by atoms with E-state index in [-0.39, 0.29) is 23.8 Å². The average molecular weight is 479 g/mol. The molecule has 0 spiro atoms. The lowest BCUT2D eigenvalue weighted by molar-refractivity contribution is -0.123. The molecular formula is C26H27FN4O4. The lowest BCUT2D eigenvalue weighted by atomic mass is 9.92. The van der Waals surface area contributed by atoms with Gasteiger partial charge in [-0.3, -0.25) is 14.4 Å². The summed E-state index contributed by atoms with van der Waals surface area (Å²) in [5.74, 6) is 0.747. The number of nitrogens with zero attached hydrogens (tertiary/aromatic N) is 3. The van der Waals surface area contributed by atoms with Crippen LogP contribution in [0.2, 0.25) is 0 Å². The van der Waals surface area contributed by atoms with E-state index in [0.29, 0.717) is 30.9 Å². The molecule has 1 aromatic heterocycles. The molecule has 5 rings (SSSR count). The van der Waals surface area contributed by atoms with Gasteiger partial charge in [-0.25, -0.2) is 9.18 Å². The van der Waals surface area contributed by atoms with Gasteiger partial charge in [0, 0.05) is 41.9 Å². The van der Waals surface area contributed by atoms with Gasteiger partial charge in [0.05, 0.1) is 25.0 Å². The molecule has 2 aliphatic rings. The lowest BCUT2D eigenvalue weighted by Gasteiger charge is -2.35. The molecule has 0 aliphatic carbocycles. The average Bonchev–Trinajstić information content (AvgIpc) is 3.35. The van der Waals surface area contributed by atoms with E-state index >= 15 is 0 Å². The van der Waals surface area contributed by atoms with E-state index in [1.165, 1.54) is 19.2 Å². The van der Waals surface area contributed by atoms with Crippen molar-refractivity contribution in [2.75, 3.05) is 18.6 Å². The number of amides is 2. The van der Waals surface area contributed by atoms with Crippen LogP contribution in [0.5, 0.6) is 11.5 Å². The van der Waals surface area contributed by atoms with E-state index in [2.05, 4.69) is 10.4 Å². The van der Waals surface area contributed by atoms with Crippen LogP contribution in [0, 0.1) is 5.82 Å². The number of aromatic nitrogens is 2. The minimum atomic E-state index is -0.428. The fourth-order valence-electron chi connectivity index (χ4n) is 4.81. The fourth-order valence-corrected chi connectivity index (χ4v) is 4.81. The molecule has 1 fully saturated rings. The fraction of sp³-hybridized carbons (Fsp3) is 0.346. The molecule has 0 radical (unpaired) electrons. The lowest BCUT2D eigenvalue weighted by Crippen LogP contribution is -2.42. The van der Waals surface area contributed by atoms with Gasteiger partial charge in [0.15, 0.2) is 0 Å². The summed E-state index contributed by atoms with van der Waals surface area (Å²) < 4.78 is 26.7. The molecule has 3 heterocycles. The maximum absolute atomic E-state index is 13.5. The normalized spacial score (nSPS) is 19.6. The highest BCUT2D eigenvalue weighted by atomic mass is 19.1. The molecule has 0 saturated carbocycles. The Labute approximate surface area is 202 Å². The van der Waals surface area contributed by atoms with Gasteiger partial charge in [-0.15, -0.1) is 0 Å². The molecular weight excluding hydrogens is 451 g/mol. The second-order valence-electron chi connectivity index (χ2n) is 8.93. The predicted molar refractivity (Wildman–Crippen MR) is 128 cm³/mol. The first-order valence-electron chi connectivity index (χ1n) is 11.7. The Morgan fingerprint density at radius 2 is 1.97 bits per heavy atom. The third-order valence-corrected chi connectivity index (χ3v) is 6.66. The Hall–Kier alpha value is -3.88. The predicted octanol–water partition coefficient (Wildman–Crippen LogP) is 4.84. The van der Waals surface area contributed by atoms with E-state index in [9.17, 15) is 14.0 Å². The Bertz CT molecular complexity index is 1260. The largest absolute Gasteiger partial charge is 0.456 e. The number of halogens is 1. The molecule has 1 N–H and O–H groups in total. The van der Waals surface area contributed by atoms with Gasteiger partial charge in [0.1, 0.15) is 17.3 Å². The van der Waals surface area contributed by atoms with Crippen LogP contribution < -0.4 is 15.0 Å². The third kappa shape index (κ3) is 4.45. The zero-order valence-electron chi connectivity index (χ0n) is 19.7. The van der Waals surface area contributed by atoms with Crippen LogP contribution >= 0.6 is 0 Å². The number of hydrogen-bond acceptors (Lipinski definition) is 5. The van der Waals surface area contributed by atoms with Gasteiger partial charge in [-0.05, 0) is 62.6 Å². The first-order valence-corrected chi connectivity index (χ1v) is 11.7. The number of ether oxygens (including phenoxy) is 2. The zero-order valence-corrected chi connectivity index (χ0v) is 19.7. The van der Waals surface area contributed by atoms with Crippen molar-refractivity contribution < 1.29 is 23.5 Å². The maximum atomic E-state index is 13.5. The van der Waals surface area contributed by atoms with Crippen molar-refractivity contribution in [3.63, 3.8) is 0 Å². The van der Waals surface area contributed by atoms with Gasteiger partial charge in [0.2, 0.25) is 5.91 Å². The molecule has 9 heteroatoms. The van der Waals surface area contributed by atoms with Crippen LogP contribution in [0.4, 0.5) is 14.9 Å². The summed E-state index contributed by atoms with van der Waals surface area (Å²) in [5.41, 5.74) is 3.24. The summed E-state index contributed by atoms with van der Waals surface area (Å²) in [4.78, 5) is 26.1. The molecule has 3 aromatic rings. The van der Waals surface area contributed by atoms with E-state index in [1.54, 1.807) is 23.2 Å². The number of hydrogen-bond donors (Lipinski definition) is 1. The van der Waals surface area contributed by atoms with Gasteiger partial charge in [-0.2, -0.15) is 5.10 Å². The van der Waals surface area contributed by atoms with Crippen LogP contribution in [0.1, 0.15) is 37.8 Å². The number of nitrogens with one attached hydrogen (secondary N) is 1. The molecule has 8 nitrogen and oxygen atoms in total. The number of benzene rings is 2. The summed E-state index contributed by atoms with van der Waals surface area (Å²) >= 11 is 0. The number of methoxy groups -OCH3 is 1. The second-order valence-corrected chi connectivity index (χ2v) is 8.93. The molecule has 2 atom stereocenters. The molecule has 1 saturated heterocycles. The van der Waals surface area contributed by atoms with E-state index in [4.69, 9.17) is 9.47 Å². The summed E-state index contributed by atoms with van der Waals surface area (Å²) in [6.45, 7) is 2.61. The first kappa shape index (κ1) is 22.9. The smallest absolute Gasteiger partial charge is 0.414 e. The first-order chi connectivity index (χ1) is 16.9. The molecule has 0 bridgehead atoms. The molecule has 182 valence electrons. The molecule has 1 unspecified atom stereocenters. The van der Waals surface area contributed by atoms with Crippen LogP contribution in [0.15, 0.2) is 48.8 Å². The van der Waals surface area contributed by atoms with Crippen molar-refractivity contribution in [1.29, 1.82) is 0 Å². The van der Waals surface area contributed by atoms with Crippen molar-refractivity contribution in [1.82, 2.24) is 15.1 Å². The summed E-state index contributed by atoms with van der Waals surface area (Å²) in [5, 5.41) is 7.39. The highest BCUT2D eigenvalue weighted by Crippen LogP contribution is 2.45. The van der Waals surface area contributed by atoms with E-state index in [0.717, 1.165) is 35.2 Å². The highest BCUT2D eigenvalue weighted by Gasteiger charge is 2.32. The zero-order chi connectivity index (χ0) is 24.5. The molecule has 35 heavy (non-hydrogen) atoms. The monoisotopic (exact) mass is 478 g/mol.